The van der Waals surface area contributed by atoms with Gasteiger partial charge in [0.05, 0.1) is 6.61 Å². The fourth-order valence-electron chi connectivity index (χ4n) is 2.70. The summed E-state index contributed by atoms with van der Waals surface area (Å²) in [6, 6.07) is 12.9. The van der Waals surface area contributed by atoms with Gasteiger partial charge in [-0.2, -0.15) is 0 Å². The molecule has 1 aromatic heterocycles. The molecule has 1 aromatic carbocycles. The molecular formula is C22H28N2O3. The zero-order valence-electron chi connectivity index (χ0n) is 16.1. The fourth-order valence-corrected chi connectivity index (χ4v) is 2.70. The first kappa shape index (κ1) is 20.5. The SMILES string of the molecule is CCCOc1ccccc1/C=C/C(=O)NCCCCn1c(C)cccc1=O. The van der Waals surface area contributed by atoms with Crippen LogP contribution in [0.3, 0.4) is 0 Å². The zero-order chi connectivity index (χ0) is 19.5. The maximum absolute atomic E-state index is 12.0. The van der Waals surface area contributed by atoms with Gasteiger partial charge in [0.2, 0.25) is 5.91 Å². The predicted octanol–water partition coefficient (Wildman–Crippen LogP) is 3.56. The number of nitrogens with zero attached hydrogens (tertiary/aromatic N) is 1. The van der Waals surface area contributed by atoms with Crippen LogP contribution >= 0.6 is 0 Å². The number of carbonyl (C=O) groups excluding carboxylic acids is 1. The number of hydrogen-bond acceptors (Lipinski definition) is 3. The molecule has 0 aliphatic heterocycles. The molecule has 0 aliphatic carbocycles. The van der Waals surface area contributed by atoms with Gasteiger partial charge in [0, 0.05) is 36.5 Å². The van der Waals surface area contributed by atoms with Gasteiger partial charge in [0.15, 0.2) is 0 Å². The molecule has 0 unspecified atom stereocenters. The average molecular weight is 368 g/mol. The maximum atomic E-state index is 12.0. The lowest BCUT2D eigenvalue weighted by atomic mass is 10.2. The second-order valence-electron chi connectivity index (χ2n) is 6.37. The number of benzene rings is 1. The minimum atomic E-state index is -0.131. The third-order valence-corrected chi connectivity index (χ3v) is 4.17. The molecule has 1 heterocycles. The van der Waals surface area contributed by atoms with Crippen LogP contribution in [0.15, 0.2) is 53.3 Å². The molecule has 2 rings (SSSR count). The third kappa shape index (κ3) is 6.77. The molecule has 0 saturated carbocycles. The largest absolute Gasteiger partial charge is 0.493 e. The van der Waals surface area contributed by atoms with Gasteiger partial charge >= 0.3 is 0 Å². The van der Waals surface area contributed by atoms with Crippen molar-refractivity contribution >= 4 is 12.0 Å². The first-order valence-corrected chi connectivity index (χ1v) is 9.46. The molecular weight excluding hydrogens is 340 g/mol. The minimum absolute atomic E-state index is 0.0194. The van der Waals surface area contributed by atoms with Crippen molar-refractivity contribution in [2.24, 2.45) is 0 Å². The highest BCUT2D eigenvalue weighted by molar-refractivity contribution is 5.92. The second-order valence-corrected chi connectivity index (χ2v) is 6.37. The predicted molar refractivity (Wildman–Crippen MR) is 109 cm³/mol. The molecule has 0 fully saturated rings. The van der Waals surface area contributed by atoms with Gasteiger partial charge in [-0.05, 0) is 44.4 Å². The fraction of sp³-hybridized carbons (Fsp3) is 0.364. The molecule has 0 atom stereocenters. The van der Waals surface area contributed by atoms with Gasteiger partial charge in [0.25, 0.3) is 5.56 Å². The van der Waals surface area contributed by atoms with Crippen LogP contribution < -0.4 is 15.6 Å². The third-order valence-electron chi connectivity index (χ3n) is 4.17. The van der Waals surface area contributed by atoms with Gasteiger partial charge in [0.1, 0.15) is 5.75 Å². The Morgan fingerprint density at radius 2 is 1.96 bits per heavy atom. The van der Waals surface area contributed by atoms with Crippen LogP contribution in [0.4, 0.5) is 0 Å². The van der Waals surface area contributed by atoms with E-state index in [0.717, 1.165) is 36.3 Å². The molecule has 1 N–H and O–H groups in total. The molecule has 5 heteroatoms. The number of aromatic nitrogens is 1. The summed E-state index contributed by atoms with van der Waals surface area (Å²) in [4.78, 5) is 23.8. The number of aryl methyl sites for hydroxylation is 1. The van der Waals surface area contributed by atoms with Crippen molar-refractivity contribution in [3.05, 3.63) is 70.2 Å². The zero-order valence-corrected chi connectivity index (χ0v) is 16.1. The number of nitrogens with one attached hydrogen (secondary N) is 1. The lowest BCUT2D eigenvalue weighted by Gasteiger charge is -2.09. The van der Waals surface area contributed by atoms with Gasteiger partial charge < -0.3 is 14.6 Å². The Kier molecular flexibility index (Phi) is 8.36. The van der Waals surface area contributed by atoms with Gasteiger partial charge in [-0.1, -0.05) is 31.2 Å². The Bertz CT molecular complexity index is 824. The van der Waals surface area contributed by atoms with Crippen LogP contribution in [0.5, 0.6) is 5.75 Å². The highest BCUT2D eigenvalue weighted by atomic mass is 16.5. The van der Waals surface area contributed by atoms with E-state index >= 15 is 0 Å². The number of ether oxygens (including phenoxy) is 1. The van der Waals surface area contributed by atoms with Crippen LogP contribution in [0.1, 0.15) is 37.4 Å². The number of hydrogen-bond donors (Lipinski definition) is 1. The van der Waals surface area contributed by atoms with Crippen LogP contribution in [-0.2, 0) is 11.3 Å². The van der Waals surface area contributed by atoms with Crippen molar-refractivity contribution in [2.45, 2.75) is 39.7 Å². The molecule has 0 aliphatic rings. The Balaban J connectivity index is 1.75. The summed E-state index contributed by atoms with van der Waals surface area (Å²) in [5.74, 6) is 0.653. The number of unbranched alkanes of at least 4 members (excludes halogenated alkanes) is 1. The average Bonchev–Trinajstić information content (AvgIpc) is 2.67. The number of para-hydroxylation sites is 1. The molecule has 1 amide bonds. The van der Waals surface area contributed by atoms with Crippen LogP contribution in [0.25, 0.3) is 6.08 Å². The van der Waals surface area contributed by atoms with Gasteiger partial charge in [-0.25, -0.2) is 0 Å². The highest BCUT2D eigenvalue weighted by Gasteiger charge is 2.02. The molecule has 144 valence electrons. The Labute approximate surface area is 160 Å². The van der Waals surface area contributed by atoms with E-state index in [1.54, 1.807) is 22.8 Å². The van der Waals surface area contributed by atoms with E-state index in [2.05, 4.69) is 12.2 Å². The summed E-state index contributed by atoms with van der Waals surface area (Å²) in [6.45, 7) is 5.88. The van der Waals surface area contributed by atoms with Crippen molar-refractivity contribution in [1.82, 2.24) is 9.88 Å². The summed E-state index contributed by atoms with van der Waals surface area (Å²) in [7, 11) is 0. The van der Waals surface area contributed by atoms with E-state index in [-0.39, 0.29) is 11.5 Å². The Morgan fingerprint density at radius 3 is 2.74 bits per heavy atom. The number of rotatable bonds is 10. The van der Waals surface area contributed by atoms with Crippen molar-refractivity contribution in [3.8, 4) is 5.75 Å². The van der Waals surface area contributed by atoms with Crippen molar-refractivity contribution in [3.63, 3.8) is 0 Å². The van der Waals surface area contributed by atoms with Crippen LogP contribution in [0.2, 0.25) is 0 Å². The molecule has 0 radical (unpaired) electrons. The summed E-state index contributed by atoms with van der Waals surface area (Å²) in [5.41, 5.74) is 1.87. The number of pyridine rings is 1. The van der Waals surface area contributed by atoms with Crippen LogP contribution in [0, 0.1) is 6.92 Å². The normalized spacial score (nSPS) is 10.9. The van der Waals surface area contributed by atoms with Crippen molar-refractivity contribution in [2.75, 3.05) is 13.2 Å². The number of carbonyl (C=O) groups is 1. The maximum Gasteiger partial charge on any atom is 0.250 e. The molecule has 0 bridgehead atoms. The molecule has 0 spiro atoms. The lowest BCUT2D eigenvalue weighted by molar-refractivity contribution is -0.116. The van der Waals surface area contributed by atoms with E-state index in [1.807, 2.05) is 37.3 Å². The summed E-state index contributed by atoms with van der Waals surface area (Å²) in [6.07, 6.45) is 5.89. The molecule has 5 nitrogen and oxygen atoms in total. The van der Waals surface area contributed by atoms with E-state index < -0.39 is 0 Å². The van der Waals surface area contributed by atoms with E-state index in [1.165, 1.54) is 6.08 Å². The Morgan fingerprint density at radius 1 is 1.15 bits per heavy atom. The summed E-state index contributed by atoms with van der Waals surface area (Å²) in [5, 5.41) is 2.88. The van der Waals surface area contributed by atoms with Gasteiger partial charge in [-0.15, -0.1) is 0 Å². The van der Waals surface area contributed by atoms with Crippen molar-refractivity contribution < 1.29 is 9.53 Å². The van der Waals surface area contributed by atoms with E-state index in [0.29, 0.717) is 19.7 Å². The highest BCUT2D eigenvalue weighted by Crippen LogP contribution is 2.19. The molecule has 27 heavy (non-hydrogen) atoms. The second kappa shape index (κ2) is 11.0. The first-order valence-electron chi connectivity index (χ1n) is 9.46. The number of amides is 1. The molecule has 2 aromatic rings. The lowest BCUT2D eigenvalue weighted by Crippen LogP contribution is -2.24. The van der Waals surface area contributed by atoms with Crippen molar-refractivity contribution in [1.29, 1.82) is 0 Å². The summed E-state index contributed by atoms with van der Waals surface area (Å²) >= 11 is 0. The smallest absolute Gasteiger partial charge is 0.250 e. The first-order chi connectivity index (χ1) is 13.1. The van der Waals surface area contributed by atoms with E-state index in [4.69, 9.17) is 4.74 Å². The van der Waals surface area contributed by atoms with E-state index in [9.17, 15) is 9.59 Å². The monoisotopic (exact) mass is 368 g/mol. The minimum Gasteiger partial charge on any atom is -0.493 e. The topological polar surface area (TPSA) is 60.3 Å². The summed E-state index contributed by atoms with van der Waals surface area (Å²) < 4.78 is 7.44. The van der Waals surface area contributed by atoms with Crippen LogP contribution in [-0.4, -0.2) is 23.6 Å². The van der Waals surface area contributed by atoms with Gasteiger partial charge in [-0.3, -0.25) is 9.59 Å². The molecule has 0 saturated heterocycles. The Hall–Kier alpha value is -2.82. The standard InChI is InChI=1S/C22H28N2O3/c1-3-17-27-20-11-5-4-10-19(20)13-14-21(25)23-15-6-7-16-24-18(2)9-8-12-22(24)26/h4-5,8-14H,3,6-7,15-17H2,1-2H3,(H,23,25)/b14-13+. The quantitative estimate of drug-likeness (QED) is 0.515.